The molecule has 0 bridgehead atoms. The van der Waals surface area contributed by atoms with Crippen LogP contribution in [-0.4, -0.2) is 20.0 Å². The number of hydrogen-bond donors (Lipinski definition) is 2. The van der Waals surface area contributed by atoms with Crippen LogP contribution in [0.1, 0.15) is 42.9 Å². The van der Waals surface area contributed by atoms with E-state index in [1.54, 1.807) is 18.2 Å². The lowest BCUT2D eigenvalue weighted by Crippen LogP contribution is -2.19. The molecule has 26 heavy (non-hydrogen) atoms. The Morgan fingerprint density at radius 3 is 2.38 bits per heavy atom. The molecule has 1 aromatic heterocycles. The molecule has 1 saturated carbocycles. The Balaban J connectivity index is 1.75. The zero-order valence-corrected chi connectivity index (χ0v) is 14.7. The molecular weight excluding hydrogens is 324 g/mol. The summed E-state index contributed by atoms with van der Waals surface area (Å²) in [7, 11) is 0. The van der Waals surface area contributed by atoms with E-state index < -0.39 is 0 Å². The number of fused-ring (bicyclic) bond motifs is 3. The van der Waals surface area contributed by atoms with Crippen molar-refractivity contribution in [1.82, 2.24) is 9.78 Å². The number of phenolic OH excluding ortho intramolecular Hbond substituents is 2. The van der Waals surface area contributed by atoms with E-state index in [1.807, 2.05) is 24.3 Å². The molecule has 2 aromatic carbocycles. The van der Waals surface area contributed by atoms with Gasteiger partial charge in [-0.2, -0.15) is 5.10 Å². The van der Waals surface area contributed by atoms with Crippen LogP contribution >= 0.6 is 0 Å². The highest BCUT2D eigenvalue weighted by atomic mass is 16.3. The van der Waals surface area contributed by atoms with Crippen LogP contribution in [-0.2, 0) is 12.8 Å². The van der Waals surface area contributed by atoms with Gasteiger partial charge in [-0.3, -0.25) is 4.68 Å². The Kier molecular flexibility index (Phi) is 3.52. The highest BCUT2D eigenvalue weighted by Gasteiger charge is 2.30. The van der Waals surface area contributed by atoms with Crippen molar-refractivity contribution in [1.29, 1.82) is 0 Å². The quantitative estimate of drug-likeness (QED) is 0.698. The standard InChI is InChI=1S/C22H22N2O2/c25-17-9-7-14(8-10-17)21-20-6-1-3-15-13-18(26)11-12-19(15)22(20)24(23-21)16-4-2-5-16/h7-13,16,25-26H,1-6H2. The van der Waals surface area contributed by atoms with E-state index in [0.717, 1.165) is 30.5 Å². The van der Waals surface area contributed by atoms with Gasteiger partial charge in [0.05, 0.1) is 17.4 Å². The summed E-state index contributed by atoms with van der Waals surface area (Å²) in [6.07, 6.45) is 6.61. The third kappa shape index (κ3) is 2.40. The Bertz CT molecular complexity index is 969. The SMILES string of the molecule is Oc1ccc(-c2nn(C3CCC3)c3c2CCCc2cc(O)ccc2-3)cc1. The van der Waals surface area contributed by atoms with Crippen molar-refractivity contribution in [3.8, 4) is 34.0 Å². The maximum absolute atomic E-state index is 9.93. The van der Waals surface area contributed by atoms with E-state index >= 15 is 0 Å². The zero-order valence-electron chi connectivity index (χ0n) is 14.7. The monoisotopic (exact) mass is 346 g/mol. The van der Waals surface area contributed by atoms with Crippen LogP contribution in [0.25, 0.3) is 22.5 Å². The molecule has 0 radical (unpaired) electrons. The number of aromatic nitrogens is 2. The molecule has 2 aliphatic carbocycles. The van der Waals surface area contributed by atoms with Gasteiger partial charge in [0.15, 0.2) is 0 Å². The van der Waals surface area contributed by atoms with E-state index in [4.69, 9.17) is 5.10 Å². The Labute approximate surface area is 152 Å². The van der Waals surface area contributed by atoms with Crippen molar-refractivity contribution in [2.45, 2.75) is 44.6 Å². The zero-order chi connectivity index (χ0) is 17.7. The predicted octanol–water partition coefficient (Wildman–Crippen LogP) is 4.84. The predicted molar refractivity (Wildman–Crippen MR) is 101 cm³/mol. The second kappa shape index (κ2) is 5.90. The minimum Gasteiger partial charge on any atom is -0.508 e. The second-order valence-corrected chi connectivity index (χ2v) is 7.45. The molecule has 2 N–H and O–H groups in total. The summed E-state index contributed by atoms with van der Waals surface area (Å²) < 4.78 is 2.24. The summed E-state index contributed by atoms with van der Waals surface area (Å²) in [5, 5.41) is 24.6. The van der Waals surface area contributed by atoms with Crippen molar-refractivity contribution < 1.29 is 10.2 Å². The summed E-state index contributed by atoms with van der Waals surface area (Å²) in [6, 6.07) is 13.6. The van der Waals surface area contributed by atoms with Crippen molar-refractivity contribution in [3.05, 3.63) is 53.6 Å². The molecule has 4 heteroatoms. The summed E-state index contributed by atoms with van der Waals surface area (Å²) >= 11 is 0. The van der Waals surface area contributed by atoms with Gasteiger partial charge >= 0.3 is 0 Å². The molecule has 1 heterocycles. The average Bonchev–Trinajstić information content (AvgIpc) is 2.83. The van der Waals surface area contributed by atoms with E-state index in [9.17, 15) is 10.2 Å². The van der Waals surface area contributed by atoms with E-state index in [2.05, 4.69) is 4.68 Å². The van der Waals surface area contributed by atoms with Gasteiger partial charge in [0.25, 0.3) is 0 Å². The van der Waals surface area contributed by atoms with Crippen molar-refractivity contribution in [2.75, 3.05) is 0 Å². The molecule has 0 amide bonds. The van der Waals surface area contributed by atoms with Crippen molar-refractivity contribution >= 4 is 0 Å². The molecule has 1 fully saturated rings. The number of nitrogens with zero attached hydrogens (tertiary/aromatic N) is 2. The lowest BCUT2D eigenvalue weighted by molar-refractivity contribution is 0.292. The minimum atomic E-state index is 0.277. The minimum absolute atomic E-state index is 0.277. The molecule has 0 unspecified atom stereocenters. The number of phenols is 2. The van der Waals surface area contributed by atoms with E-state index in [-0.39, 0.29) is 5.75 Å². The number of rotatable bonds is 2. The van der Waals surface area contributed by atoms with Crippen LogP contribution in [0, 0.1) is 0 Å². The van der Waals surface area contributed by atoms with Gasteiger partial charge in [0, 0.05) is 16.7 Å². The topological polar surface area (TPSA) is 58.3 Å². The van der Waals surface area contributed by atoms with Gasteiger partial charge in [-0.1, -0.05) is 0 Å². The first-order chi connectivity index (χ1) is 12.7. The summed E-state index contributed by atoms with van der Waals surface area (Å²) in [5.41, 5.74) is 7.03. The summed E-state index contributed by atoms with van der Waals surface area (Å²) in [6.45, 7) is 0. The first-order valence-electron chi connectivity index (χ1n) is 9.44. The molecule has 0 aliphatic heterocycles. The largest absolute Gasteiger partial charge is 0.508 e. The maximum atomic E-state index is 9.93. The average molecular weight is 346 g/mol. The van der Waals surface area contributed by atoms with Crippen molar-refractivity contribution in [2.24, 2.45) is 0 Å². The Morgan fingerprint density at radius 2 is 1.65 bits per heavy atom. The smallest absolute Gasteiger partial charge is 0.115 e. The fraction of sp³-hybridized carbons (Fsp3) is 0.318. The van der Waals surface area contributed by atoms with Gasteiger partial charge in [-0.25, -0.2) is 0 Å². The summed E-state index contributed by atoms with van der Waals surface area (Å²) in [4.78, 5) is 0. The number of aryl methyl sites for hydroxylation is 1. The van der Waals surface area contributed by atoms with E-state index in [0.29, 0.717) is 11.8 Å². The highest BCUT2D eigenvalue weighted by Crippen LogP contribution is 2.43. The number of hydrogen-bond acceptors (Lipinski definition) is 3. The number of aromatic hydroxyl groups is 2. The highest BCUT2D eigenvalue weighted by molar-refractivity contribution is 5.77. The fourth-order valence-electron chi connectivity index (χ4n) is 4.21. The van der Waals surface area contributed by atoms with Gasteiger partial charge < -0.3 is 10.2 Å². The normalized spacial score (nSPS) is 16.5. The third-order valence-corrected chi connectivity index (χ3v) is 5.79. The maximum Gasteiger partial charge on any atom is 0.115 e. The second-order valence-electron chi connectivity index (χ2n) is 7.45. The molecule has 3 aromatic rings. The van der Waals surface area contributed by atoms with Crippen LogP contribution in [0.5, 0.6) is 11.5 Å². The molecule has 5 rings (SSSR count). The van der Waals surface area contributed by atoms with Crippen LogP contribution in [0.4, 0.5) is 0 Å². The van der Waals surface area contributed by atoms with Crippen LogP contribution in [0.3, 0.4) is 0 Å². The lowest BCUT2D eigenvalue weighted by atomic mass is 9.92. The van der Waals surface area contributed by atoms with Crippen LogP contribution in [0.15, 0.2) is 42.5 Å². The van der Waals surface area contributed by atoms with Gasteiger partial charge in [0.1, 0.15) is 11.5 Å². The first kappa shape index (κ1) is 15.5. The molecule has 2 aliphatic rings. The molecule has 0 spiro atoms. The third-order valence-electron chi connectivity index (χ3n) is 5.79. The molecule has 132 valence electrons. The summed E-state index contributed by atoms with van der Waals surface area (Å²) in [5.74, 6) is 0.611. The van der Waals surface area contributed by atoms with Gasteiger partial charge in [-0.05, 0) is 86.6 Å². The molecule has 4 nitrogen and oxygen atoms in total. The number of benzene rings is 2. The van der Waals surface area contributed by atoms with Gasteiger partial charge in [0.2, 0.25) is 0 Å². The Hall–Kier alpha value is -2.75. The van der Waals surface area contributed by atoms with Crippen LogP contribution < -0.4 is 0 Å². The fourth-order valence-corrected chi connectivity index (χ4v) is 4.21. The van der Waals surface area contributed by atoms with Crippen molar-refractivity contribution in [3.63, 3.8) is 0 Å². The first-order valence-corrected chi connectivity index (χ1v) is 9.44. The van der Waals surface area contributed by atoms with Crippen LogP contribution in [0.2, 0.25) is 0 Å². The molecule has 0 saturated heterocycles. The lowest BCUT2D eigenvalue weighted by Gasteiger charge is -2.28. The molecule has 0 atom stereocenters. The van der Waals surface area contributed by atoms with Gasteiger partial charge in [-0.15, -0.1) is 0 Å². The van der Waals surface area contributed by atoms with E-state index in [1.165, 1.54) is 41.6 Å². The molecular formula is C22H22N2O2. The Morgan fingerprint density at radius 1 is 0.885 bits per heavy atom.